The van der Waals surface area contributed by atoms with Gasteiger partial charge in [0, 0.05) is 13.3 Å². The van der Waals surface area contributed by atoms with Crippen molar-refractivity contribution < 1.29 is 19.5 Å². The van der Waals surface area contributed by atoms with E-state index in [2.05, 4.69) is 10.6 Å². The molecule has 1 rings (SSSR count). The molecule has 0 aliphatic carbocycles. The minimum absolute atomic E-state index is 0.129. The molecular weight excluding hydrogens is 296 g/mol. The number of hydrogen-bond acceptors (Lipinski definition) is 3. The normalized spacial score (nSPS) is 13.2. The second-order valence-electron chi connectivity index (χ2n) is 5.97. The number of amides is 2. The quantitative estimate of drug-likeness (QED) is 0.674. The Hall–Kier alpha value is -2.37. The molecule has 126 valence electrons. The second kappa shape index (κ2) is 8.92. The first kappa shape index (κ1) is 18.7. The van der Waals surface area contributed by atoms with Gasteiger partial charge in [-0.1, -0.05) is 44.2 Å². The monoisotopic (exact) mass is 320 g/mol. The van der Waals surface area contributed by atoms with Crippen LogP contribution in [0.15, 0.2) is 30.3 Å². The predicted octanol–water partition coefficient (Wildman–Crippen LogP) is 1.35. The summed E-state index contributed by atoms with van der Waals surface area (Å²) in [5.41, 5.74) is 0.886. The third kappa shape index (κ3) is 6.95. The molecule has 0 saturated carbocycles. The van der Waals surface area contributed by atoms with Gasteiger partial charge in [0.1, 0.15) is 12.1 Å². The lowest BCUT2D eigenvalue weighted by Crippen LogP contribution is -2.52. The fraction of sp³-hybridized carbons (Fsp3) is 0.471. The molecule has 2 amide bonds. The molecule has 0 bridgehead atoms. The summed E-state index contributed by atoms with van der Waals surface area (Å²) in [5, 5.41) is 14.3. The molecule has 0 heterocycles. The molecule has 0 aliphatic heterocycles. The van der Waals surface area contributed by atoms with Gasteiger partial charge in [-0.25, -0.2) is 4.79 Å². The van der Waals surface area contributed by atoms with Gasteiger partial charge in [-0.3, -0.25) is 9.59 Å². The van der Waals surface area contributed by atoms with E-state index in [1.807, 2.05) is 44.2 Å². The molecule has 3 N–H and O–H groups in total. The minimum atomic E-state index is -1.08. The number of hydrogen-bond donors (Lipinski definition) is 3. The van der Waals surface area contributed by atoms with Crippen LogP contribution in [0.5, 0.6) is 0 Å². The maximum Gasteiger partial charge on any atom is 0.326 e. The largest absolute Gasteiger partial charge is 0.480 e. The summed E-state index contributed by atoms with van der Waals surface area (Å²) in [7, 11) is 0. The van der Waals surface area contributed by atoms with Gasteiger partial charge in [0.25, 0.3) is 0 Å². The maximum atomic E-state index is 12.4. The molecule has 1 aromatic carbocycles. The van der Waals surface area contributed by atoms with E-state index in [9.17, 15) is 19.5 Å². The smallest absolute Gasteiger partial charge is 0.326 e. The lowest BCUT2D eigenvalue weighted by atomic mass is 10.0. The zero-order valence-electron chi connectivity index (χ0n) is 13.7. The molecule has 23 heavy (non-hydrogen) atoms. The van der Waals surface area contributed by atoms with Crippen LogP contribution >= 0.6 is 0 Å². The van der Waals surface area contributed by atoms with Crippen LogP contribution in [0.1, 0.15) is 32.8 Å². The first-order valence-corrected chi connectivity index (χ1v) is 7.63. The van der Waals surface area contributed by atoms with Gasteiger partial charge in [-0.15, -0.1) is 0 Å². The summed E-state index contributed by atoms with van der Waals surface area (Å²) in [4.78, 5) is 35.0. The maximum absolute atomic E-state index is 12.4. The van der Waals surface area contributed by atoms with E-state index in [-0.39, 0.29) is 11.8 Å². The summed E-state index contributed by atoms with van der Waals surface area (Å²) in [6.07, 6.45) is 0.638. The Kier molecular flexibility index (Phi) is 7.25. The third-order valence-corrected chi connectivity index (χ3v) is 3.30. The molecular formula is C17H24N2O4. The van der Waals surface area contributed by atoms with Crippen molar-refractivity contribution in [1.29, 1.82) is 0 Å². The van der Waals surface area contributed by atoms with Crippen LogP contribution in [-0.4, -0.2) is 35.0 Å². The van der Waals surface area contributed by atoms with Gasteiger partial charge in [0.2, 0.25) is 11.8 Å². The molecule has 0 unspecified atom stereocenters. The van der Waals surface area contributed by atoms with E-state index >= 15 is 0 Å². The van der Waals surface area contributed by atoms with Crippen LogP contribution in [0.4, 0.5) is 0 Å². The zero-order chi connectivity index (χ0) is 17.4. The molecule has 2 atom stereocenters. The molecule has 0 fully saturated rings. The highest BCUT2D eigenvalue weighted by atomic mass is 16.4. The fourth-order valence-electron chi connectivity index (χ4n) is 2.27. The number of nitrogens with one attached hydrogen (secondary N) is 2. The Morgan fingerprint density at radius 3 is 2.13 bits per heavy atom. The number of rotatable bonds is 8. The fourth-order valence-corrected chi connectivity index (χ4v) is 2.27. The Balaban J connectivity index is 2.82. The van der Waals surface area contributed by atoms with Crippen molar-refractivity contribution >= 4 is 17.8 Å². The van der Waals surface area contributed by atoms with Crippen molar-refractivity contribution in [3.05, 3.63) is 35.9 Å². The van der Waals surface area contributed by atoms with E-state index < -0.39 is 24.0 Å². The highest BCUT2D eigenvalue weighted by Gasteiger charge is 2.26. The average Bonchev–Trinajstić information content (AvgIpc) is 2.45. The van der Waals surface area contributed by atoms with E-state index in [0.717, 1.165) is 5.56 Å². The summed E-state index contributed by atoms with van der Waals surface area (Å²) in [6, 6.07) is 7.49. The van der Waals surface area contributed by atoms with Crippen LogP contribution < -0.4 is 10.6 Å². The number of carbonyl (C=O) groups excluding carboxylic acids is 2. The molecule has 0 saturated heterocycles. The van der Waals surface area contributed by atoms with Crippen LogP contribution in [0.3, 0.4) is 0 Å². The average molecular weight is 320 g/mol. The van der Waals surface area contributed by atoms with E-state index in [0.29, 0.717) is 12.8 Å². The van der Waals surface area contributed by atoms with Crippen LogP contribution in [0, 0.1) is 5.92 Å². The summed E-state index contributed by atoms with van der Waals surface area (Å²) >= 11 is 0. The third-order valence-electron chi connectivity index (χ3n) is 3.30. The van der Waals surface area contributed by atoms with Crippen LogP contribution in [0.25, 0.3) is 0 Å². The number of carboxylic acid groups (broad SMARTS) is 1. The molecule has 6 nitrogen and oxygen atoms in total. The summed E-state index contributed by atoms with van der Waals surface area (Å²) < 4.78 is 0. The lowest BCUT2D eigenvalue weighted by molar-refractivity contribution is -0.142. The van der Waals surface area contributed by atoms with Crippen molar-refractivity contribution in [2.75, 3.05) is 0 Å². The van der Waals surface area contributed by atoms with Crippen molar-refractivity contribution in [1.82, 2.24) is 10.6 Å². The molecule has 0 aliphatic rings. The summed E-state index contributed by atoms with van der Waals surface area (Å²) in [5.74, 6) is -1.77. The Morgan fingerprint density at radius 2 is 1.65 bits per heavy atom. The molecule has 6 heteroatoms. The van der Waals surface area contributed by atoms with Gasteiger partial charge in [0.05, 0.1) is 0 Å². The first-order chi connectivity index (χ1) is 10.8. The SMILES string of the molecule is CC(=O)N[C@H](Cc1ccccc1)C(=O)N[C@H](CC(C)C)C(=O)O. The van der Waals surface area contributed by atoms with Crippen LogP contribution in [-0.2, 0) is 20.8 Å². The Labute approximate surface area is 136 Å². The number of carboxylic acids is 1. The van der Waals surface area contributed by atoms with Crippen molar-refractivity contribution in [2.45, 2.75) is 45.7 Å². The lowest BCUT2D eigenvalue weighted by Gasteiger charge is -2.22. The van der Waals surface area contributed by atoms with E-state index in [4.69, 9.17) is 0 Å². The Morgan fingerprint density at radius 1 is 1.04 bits per heavy atom. The summed E-state index contributed by atoms with van der Waals surface area (Å²) in [6.45, 7) is 5.10. The van der Waals surface area contributed by atoms with Crippen molar-refractivity contribution in [3.63, 3.8) is 0 Å². The molecule has 0 spiro atoms. The topological polar surface area (TPSA) is 95.5 Å². The molecule has 0 radical (unpaired) electrons. The van der Waals surface area contributed by atoms with Crippen molar-refractivity contribution in [2.24, 2.45) is 5.92 Å². The van der Waals surface area contributed by atoms with E-state index in [1.54, 1.807) is 0 Å². The second-order valence-corrected chi connectivity index (χ2v) is 5.97. The van der Waals surface area contributed by atoms with Gasteiger partial charge in [0.15, 0.2) is 0 Å². The number of carbonyl (C=O) groups is 3. The first-order valence-electron chi connectivity index (χ1n) is 7.63. The highest BCUT2D eigenvalue weighted by Crippen LogP contribution is 2.07. The highest BCUT2D eigenvalue weighted by molar-refractivity contribution is 5.90. The number of aliphatic carboxylic acids is 1. The van der Waals surface area contributed by atoms with E-state index in [1.165, 1.54) is 6.92 Å². The van der Waals surface area contributed by atoms with Crippen LogP contribution in [0.2, 0.25) is 0 Å². The van der Waals surface area contributed by atoms with Gasteiger partial charge in [-0.05, 0) is 17.9 Å². The Bertz CT molecular complexity index is 543. The zero-order valence-corrected chi connectivity index (χ0v) is 13.7. The molecule has 1 aromatic rings. The molecule has 0 aromatic heterocycles. The standard InChI is InChI=1S/C17H24N2O4/c1-11(2)9-15(17(22)23)19-16(21)14(18-12(3)20)10-13-7-5-4-6-8-13/h4-8,11,14-15H,9-10H2,1-3H3,(H,18,20)(H,19,21)(H,22,23)/t14-,15-/m1/s1. The van der Waals surface area contributed by atoms with Gasteiger partial charge >= 0.3 is 5.97 Å². The van der Waals surface area contributed by atoms with Gasteiger partial charge < -0.3 is 15.7 Å². The van der Waals surface area contributed by atoms with Crippen molar-refractivity contribution in [3.8, 4) is 0 Å². The predicted molar refractivity (Wildman–Crippen MR) is 86.8 cm³/mol. The number of benzene rings is 1. The van der Waals surface area contributed by atoms with Gasteiger partial charge in [-0.2, -0.15) is 0 Å². The minimum Gasteiger partial charge on any atom is -0.480 e.